The van der Waals surface area contributed by atoms with Crippen LogP contribution in [-0.4, -0.2) is 87.4 Å². The fraction of sp³-hybridized carbons (Fsp3) is 0.345. The molecule has 6 rings (SSSR count). The molecule has 0 radical (unpaired) electrons. The van der Waals surface area contributed by atoms with Gasteiger partial charge in [-0.15, -0.1) is 0 Å². The lowest BCUT2D eigenvalue weighted by atomic mass is 10.2. The number of rotatable bonds is 9. The van der Waals surface area contributed by atoms with Crippen molar-refractivity contribution in [3.8, 4) is 17.1 Å². The monoisotopic (exact) mass is 540 g/mol. The average Bonchev–Trinajstić information content (AvgIpc) is 3.61. The first-order valence-corrected chi connectivity index (χ1v) is 13.7. The van der Waals surface area contributed by atoms with E-state index < -0.39 is 0 Å². The van der Waals surface area contributed by atoms with Crippen LogP contribution in [0, 0.1) is 0 Å². The molecule has 2 aliphatic rings. The second-order valence-electron chi connectivity index (χ2n) is 9.98. The average molecular weight is 541 g/mol. The Morgan fingerprint density at radius 1 is 1.00 bits per heavy atom. The number of amides is 2. The Kier molecular flexibility index (Phi) is 7.53. The van der Waals surface area contributed by atoms with Gasteiger partial charge >= 0.3 is 0 Å². The Morgan fingerprint density at radius 2 is 1.88 bits per heavy atom. The van der Waals surface area contributed by atoms with Gasteiger partial charge in [-0.1, -0.05) is 0 Å². The molecule has 0 bridgehead atoms. The van der Waals surface area contributed by atoms with Crippen molar-refractivity contribution in [2.45, 2.75) is 19.3 Å². The summed E-state index contributed by atoms with van der Waals surface area (Å²) in [5, 5.41) is 7.46. The Balaban J connectivity index is 1.10. The van der Waals surface area contributed by atoms with E-state index in [-0.39, 0.29) is 11.8 Å². The number of carbonyl (C=O) groups is 2. The molecule has 0 aliphatic carbocycles. The first kappa shape index (κ1) is 25.8. The smallest absolute Gasteiger partial charge is 0.270 e. The molecule has 2 saturated heterocycles. The Bertz CT molecular complexity index is 1510. The minimum Gasteiger partial charge on any atom is -0.493 e. The van der Waals surface area contributed by atoms with E-state index in [1.54, 1.807) is 18.5 Å². The van der Waals surface area contributed by atoms with Crippen molar-refractivity contribution < 1.29 is 14.3 Å². The zero-order chi connectivity index (χ0) is 27.3. The topological polar surface area (TPSA) is 128 Å². The van der Waals surface area contributed by atoms with Crippen LogP contribution in [0.25, 0.3) is 22.3 Å². The Labute approximate surface area is 232 Å². The highest BCUT2D eigenvalue weighted by atomic mass is 16.5. The highest BCUT2D eigenvalue weighted by molar-refractivity contribution is 5.98. The fourth-order valence-corrected chi connectivity index (χ4v) is 5.08. The minimum absolute atomic E-state index is 0.0173. The number of aromatic nitrogens is 4. The summed E-state index contributed by atoms with van der Waals surface area (Å²) in [6.45, 7) is 5.13. The predicted octanol–water partition coefficient (Wildman–Crippen LogP) is 3.20. The molecule has 0 spiro atoms. The molecule has 0 unspecified atom stereocenters. The van der Waals surface area contributed by atoms with E-state index in [1.807, 2.05) is 46.2 Å². The molecule has 11 nitrogen and oxygen atoms in total. The van der Waals surface area contributed by atoms with Gasteiger partial charge in [-0.05, 0) is 49.2 Å². The first-order chi connectivity index (χ1) is 19.6. The highest BCUT2D eigenvalue weighted by Crippen LogP contribution is 2.25. The molecule has 206 valence electrons. The van der Waals surface area contributed by atoms with Crippen molar-refractivity contribution in [1.29, 1.82) is 0 Å². The lowest BCUT2D eigenvalue weighted by molar-refractivity contribution is -0.127. The number of fused-ring (bicyclic) bond motifs is 1. The number of hydrogen-bond donors (Lipinski definition) is 3. The van der Waals surface area contributed by atoms with Crippen molar-refractivity contribution in [2.75, 3.05) is 51.2 Å². The van der Waals surface area contributed by atoms with E-state index in [2.05, 4.69) is 30.6 Å². The molecule has 5 heterocycles. The number of H-pyrrole nitrogens is 1. The van der Waals surface area contributed by atoms with Crippen LogP contribution in [0.3, 0.4) is 0 Å². The second-order valence-corrected chi connectivity index (χ2v) is 9.98. The molecule has 3 aromatic heterocycles. The largest absolute Gasteiger partial charge is 0.493 e. The standard InChI is InChI=1S/C29H32N8O3/c38-27-3-1-12-36(27)13-2-16-40-22-6-8-31-25(19-22)24-7-9-32-29(35-24)33-21-4-5-23-20(17-21)18-26(34-23)28(39)37-14-10-30-11-15-37/h4-9,17-19,30,34H,1-3,10-16H2,(H,32,33,35). The maximum absolute atomic E-state index is 12.9. The number of likely N-dealkylation sites (tertiary alicyclic amines) is 1. The number of pyridine rings is 1. The molecular weight excluding hydrogens is 508 g/mol. The normalized spacial score (nSPS) is 15.6. The maximum atomic E-state index is 12.9. The molecule has 2 amide bonds. The number of aromatic amines is 1. The summed E-state index contributed by atoms with van der Waals surface area (Å²) in [6.07, 6.45) is 5.77. The third-order valence-electron chi connectivity index (χ3n) is 7.17. The van der Waals surface area contributed by atoms with Gasteiger partial charge in [-0.2, -0.15) is 0 Å². The third-order valence-corrected chi connectivity index (χ3v) is 7.17. The number of nitrogens with one attached hydrogen (secondary N) is 3. The summed E-state index contributed by atoms with van der Waals surface area (Å²) < 4.78 is 5.92. The number of piperazine rings is 1. The summed E-state index contributed by atoms with van der Waals surface area (Å²) in [4.78, 5) is 45.1. The Hall–Kier alpha value is -4.51. The van der Waals surface area contributed by atoms with Crippen LogP contribution >= 0.6 is 0 Å². The van der Waals surface area contributed by atoms with E-state index in [1.165, 1.54) is 0 Å². The molecule has 4 aromatic rings. The third kappa shape index (κ3) is 5.89. The van der Waals surface area contributed by atoms with Gasteiger partial charge in [-0.3, -0.25) is 14.6 Å². The molecule has 0 atom stereocenters. The van der Waals surface area contributed by atoms with E-state index in [4.69, 9.17) is 4.74 Å². The number of anilines is 2. The zero-order valence-corrected chi connectivity index (χ0v) is 22.2. The molecule has 11 heteroatoms. The van der Waals surface area contributed by atoms with Gasteiger partial charge in [0.15, 0.2) is 0 Å². The maximum Gasteiger partial charge on any atom is 0.270 e. The van der Waals surface area contributed by atoms with Gasteiger partial charge in [0, 0.05) is 80.7 Å². The Morgan fingerprint density at radius 3 is 2.73 bits per heavy atom. The number of hydrogen-bond acceptors (Lipinski definition) is 8. The van der Waals surface area contributed by atoms with Crippen LogP contribution < -0.4 is 15.4 Å². The first-order valence-electron chi connectivity index (χ1n) is 13.7. The molecule has 3 N–H and O–H groups in total. The zero-order valence-electron chi connectivity index (χ0n) is 22.2. The highest BCUT2D eigenvalue weighted by Gasteiger charge is 2.20. The van der Waals surface area contributed by atoms with Gasteiger partial charge in [-0.25, -0.2) is 9.97 Å². The van der Waals surface area contributed by atoms with Crippen molar-refractivity contribution in [3.05, 3.63) is 60.6 Å². The van der Waals surface area contributed by atoms with Crippen molar-refractivity contribution >= 4 is 34.4 Å². The molecule has 2 fully saturated rings. The van der Waals surface area contributed by atoms with Crippen molar-refractivity contribution in [2.24, 2.45) is 0 Å². The summed E-state index contributed by atoms with van der Waals surface area (Å²) in [6, 6.07) is 13.2. The predicted molar refractivity (Wildman–Crippen MR) is 152 cm³/mol. The molecule has 2 aliphatic heterocycles. The van der Waals surface area contributed by atoms with Gasteiger partial charge in [0.1, 0.15) is 11.4 Å². The minimum atomic E-state index is 0.0173. The fourth-order valence-electron chi connectivity index (χ4n) is 5.08. The van der Waals surface area contributed by atoms with E-state index in [9.17, 15) is 9.59 Å². The molecule has 40 heavy (non-hydrogen) atoms. The lowest BCUT2D eigenvalue weighted by Crippen LogP contribution is -2.46. The van der Waals surface area contributed by atoms with E-state index in [0.29, 0.717) is 54.9 Å². The second kappa shape index (κ2) is 11.7. The summed E-state index contributed by atoms with van der Waals surface area (Å²) >= 11 is 0. The van der Waals surface area contributed by atoms with Crippen LogP contribution in [-0.2, 0) is 4.79 Å². The van der Waals surface area contributed by atoms with Crippen LogP contribution in [0.4, 0.5) is 11.6 Å². The molecule has 1 aromatic carbocycles. The van der Waals surface area contributed by atoms with Crippen LogP contribution in [0.5, 0.6) is 5.75 Å². The van der Waals surface area contributed by atoms with Gasteiger partial charge < -0.3 is 30.2 Å². The quantitative estimate of drug-likeness (QED) is 0.276. The number of benzene rings is 1. The van der Waals surface area contributed by atoms with Crippen molar-refractivity contribution in [3.63, 3.8) is 0 Å². The van der Waals surface area contributed by atoms with Crippen LogP contribution in [0.2, 0.25) is 0 Å². The summed E-state index contributed by atoms with van der Waals surface area (Å²) in [5.74, 6) is 1.39. The van der Waals surface area contributed by atoms with Gasteiger partial charge in [0.05, 0.1) is 18.0 Å². The number of carbonyl (C=O) groups excluding carboxylic acids is 2. The van der Waals surface area contributed by atoms with Crippen LogP contribution in [0.1, 0.15) is 29.8 Å². The van der Waals surface area contributed by atoms with E-state index in [0.717, 1.165) is 55.6 Å². The summed E-state index contributed by atoms with van der Waals surface area (Å²) in [7, 11) is 0. The lowest BCUT2D eigenvalue weighted by Gasteiger charge is -2.26. The van der Waals surface area contributed by atoms with Gasteiger partial charge in [0.2, 0.25) is 11.9 Å². The number of ether oxygens (including phenoxy) is 1. The number of nitrogens with zero attached hydrogens (tertiary/aromatic N) is 5. The summed E-state index contributed by atoms with van der Waals surface area (Å²) in [5.41, 5.74) is 3.63. The molecular formula is C29H32N8O3. The van der Waals surface area contributed by atoms with Crippen molar-refractivity contribution in [1.82, 2.24) is 35.1 Å². The van der Waals surface area contributed by atoms with E-state index >= 15 is 0 Å². The SMILES string of the molecule is O=C1CCCN1CCCOc1ccnc(-c2ccnc(Nc3ccc4[nH]c(C(=O)N5CCNCC5)cc4c3)n2)c1. The van der Waals surface area contributed by atoms with Gasteiger partial charge in [0.25, 0.3) is 5.91 Å². The van der Waals surface area contributed by atoms with Crippen LogP contribution in [0.15, 0.2) is 54.9 Å². The molecule has 0 saturated carbocycles.